The second kappa shape index (κ2) is 6.35. The first-order valence-corrected chi connectivity index (χ1v) is 6.56. The molecule has 0 atom stereocenters. The summed E-state index contributed by atoms with van der Waals surface area (Å²) >= 11 is 6.16. The Kier molecular flexibility index (Phi) is 4.53. The molecule has 20 heavy (non-hydrogen) atoms. The van der Waals surface area contributed by atoms with Gasteiger partial charge in [0.25, 0.3) is 0 Å². The quantitative estimate of drug-likeness (QED) is 0.487. The maximum Gasteiger partial charge on any atom is 0.195 e. The Morgan fingerprint density at radius 1 is 1.10 bits per heavy atom. The Bertz CT molecular complexity index is 636. The number of ketones is 1. The predicted octanol–water partition coefficient (Wildman–Crippen LogP) is 3.79. The van der Waals surface area contributed by atoms with Crippen molar-refractivity contribution in [3.63, 3.8) is 0 Å². The number of carbonyl (C=O) groups excluding carboxylic acids is 1. The van der Waals surface area contributed by atoms with Crippen LogP contribution < -0.4 is 0 Å². The zero-order valence-electron chi connectivity index (χ0n) is 11.4. The first-order valence-electron chi connectivity index (χ1n) is 6.18. The topological polar surface area (TPSA) is 32.7 Å². The standard InChI is InChI=1S/C16H15ClN2O/c1-19(2)11-18-15-13(9-6-10-14(15)17)16(20)12-7-4-3-5-8-12/h3-11H,1-2H3. The number of hydrogen-bond donors (Lipinski definition) is 0. The van der Waals surface area contributed by atoms with Crippen molar-refractivity contribution in [2.45, 2.75) is 0 Å². The predicted molar refractivity (Wildman–Crippen MR) is 83.2 cm³/mol. The molecule has 0 unspecified atom stereocenters. The first kappa shape index (κ1) is 14.3. The molecular formula is C16H15ClN2O. The molecule has 3 nitrogen and oxygen atoms in total. The second-order valence-corrected chi connectivity index (χ2v) is 4.95. The molecule has 0 radical (unpaired) electrons. The number of benzene rings is 2. The lowest BCUT2D eigenvalue weighted by Gasteiger charge is -2.08. The van der Waals surface area contributed by atoms with Crippen LogP contribution in [0.25, 0.3) is 0 Å². The molecule has 0 fully saturated rings. The molecule has 102 valence electrons. The fourth-order valence-corrected chi connectivity index (χ4v) is 1.97. The van der Waals surface area contributed by atoms with E-state index < -0.39 is 0 Å². The van der Waals surface area contributed by atoms with Crippen LogP contribution in [-0.2, 0) is 0 Å². The van der Waals surface area contributed by atoms with E-state index in [4.69, 9.17) is 11.6 Å². The highest BCUT2D eigenvalue weighted by atomic mass is 35.5. The molecule has 0 saturated heterocycles. The van der Waals surface area contributed by atoms with Gasteiger partial charge in [-0.3, -0.25) is 4.79 Å². The van der Waals surface area contributed by atoms with Crippen LogP contribution in [0.1, 0.15) is 15.9 Å². The zero-order chi connectivity index (χ0) is 14.5. The molecule has 0 spiro atoms. The van der Waals surface area contributed by atoms with Gasteiger partial charge in [-0.15, -0.1) is 0 Å². The highest BCUT2D eigenvalue weighted by Gasteiger charge is 2.15. The third-order valence-corrected chi connectivity index (χ3v) is 2.99. The lowest BCUT2D eigenvalue weighted by atomic mass is 10.0. The van der Waals surface area contributed by atoms with Crippen LogP contribution in [0.15, 0.2) is 53.5 Å². The molecule has 2 aromatic rings. The SMILES string of the molecule is CN(C)C=Nc1c(Cl)cccc1C(=O)c1ccccc1. The van der Waals surface area contributed by atoms with Crippen LogP contribution in [0.3, 0.4) is 0 Å². The third-order valence-electron chi connectivity index (χ3n) is 2.69. The highest BCUT2D eigenvalue weighted by Crippen LogP contribution is 2.30. The van der Waals surface area contributed by atoms with Gasteiger partial charge in [0.2, 0.25) is 0 Å². The van der Waals surface area contributed by atoms with Gasteiger partial charge in [0, 0.05) is 25.2 Å². The average Bonchev–Trinajstić information content (AvgIpc) is 2.45. The van der Waals surface area contributed by atoms with Crippen LogP contribution in [0, 0.1) is 0 Å². The van der Waals surface area contributed by atoms with E-state index in [2.05, 4.69) is 4.99 Å². The summed E-state index contributed by atoms with van der Waals surface area (Å²) in [5.74, 6) is -0.0843. The number of halogens is 1. The number of rotatable bonds is 4. The largest absolute Gasteiger partial charge is 0.369 e. The Hall–Kier alpha value is -2.13. The van der Waals surface area contributed by atoms with Crippen molar-refractivity contribution >= 4 is 29.4 Å². The molecule has 0 saturated carbocycles. The van der Waals surface area contributed by atoms with E-state index in [0.29, 0.717) is 21.8 Å². The first-order chi connectivity index (χ1) is 9.59. The van der Waals surface area contributed by atoms with Gasteiger partial charge >= 0.3 is 0 Å². The van der Waals surface area contributed by atoms with Crippen molar-refractivity contribution in [2.24, 2.45) is 4.99 Å². The Balaban J connectivity index is 2.47. The van der Waals surface area contributed by atoms with Crippen LogP contribution >= 0.6 is 11.6 Å². The minimum atomic E-state index is -0.0843. The lowest BCUT2D eigenvalue weighted by Crippen LogP contribution is -2.08. The molecule has 0 aromatic heterocycles. The van der Waals surface area contributed by atoms with Gasteiger partial charge in [-0.2, -0.15) is 0 Å². The maximum atomic E-state index is 12.5. The zero-order valence-corrected chi connectivity index (χ0v) is 12.1. The molecule has 0 aliphatic heterocycles. The van der Waals surface area contributed by atoms with Gasteiger partial charge in [0.1, 0.15) is 0 Å². The van der Waals surface area contributed by atoms with Gasteiger partial charge in [-0.1, -0.05) is 48.0 Å². The van der Waals surface area contributed by atoms with Crippen molar-refractivity contribution in [3.05, 3.63) is 64.7 Å². The van der Waals surface area contributed by atoms with Crippen molar-refractivity contribution in [3.8, 4) is 0 Å². The smallest absolute Gasteiger partial charge is 0.195 e. The maximum absolute atomic E-state index is 12.5. The van der Waals surface area contributed by atoms with Crippen LogP contribution in [0.2, 0.25) is 5.02 Å². The van der Waals surface area contributed by atoms with E-state index in [1.807, 2.05) is 32.3 Å². The number of hydrogen-bond acceptors (Lipinski definition) is 2. The summed E-state index contributed by atoms with van der Waals surface area (Å²) in [5.41, 5.74) is 1.62. The third kappa shape index (κ3) is 3.25. The van der Waals surface area contributed by atoms with Crippen molar-refractivity contribution in [1.29, 1.82) is 0 Å². The van der Waals surface area contributed by atoms with Crippen LogP contribution in [0.5, 0.6) is 0 Å². The van der Waals surface area contributed by atoms with Crippen molar-refractivity contribution < 1.29 is 4.79 Å². The number of carbonyl (C=O) groups is 1. The molecule has 0 aliphatic carbocycles. The number of para-hydroxylation sites is 1. The van der Waals surface area contributed by atoms with E-state index >= 15 is 0 Å². The van der Waals surface area contributed by atoms with E-state index in [9.17, 15) is 4.79 Å². The van der Waals surface area contributed by atoms with Crippen molar-refractivity contribution in [1.82, 2.24) is 4.90 Å². The Labute approximate surface area is 123 Å². The molecule has 2 aromatic carbocycles. The second-order valence-electron chi connectivity index (χ2n) is 4.54. The van der Waals surface area contributed by atoms with Gasteiger partial charge in [-0.05, 0) is 12.1 Å². The monoisotopic (exact) mass is 286 g/mol. The summed E-state index contributed by atoms with van der Waals surface area (Å²) in [4.78, 5) is 18.6. The van der Waals surface area contributed by atoms with Crippen LogP contribution in [-0.4, -0.2) is 31.1 Å². The molecule has 0 heterocycles. The van der Waals surface area contributed by atoms with E-state index in [1.165, 1.54) is 0 Å². The molecule has 0 bridgehead atoms. The minimum absolute atomic E-state index is 0.0843. The average molecular weight is 287 g/mol. The van der Waals surface area contributed by atoms with Crippen molar-refractivity contribution in [2.75, 3.05) is 14.1 Å². The Morgan fingerprint density at radius 2 is 1.80 bits per heavy atom. The van der Waals surface area contributed by atoms with E-state index in [1.54, 1.807) is 41.6 Å². The summed E-state index contributed by atoms with van der Waals surface area (Å²) in [5, 5.41) is 0.463. The molecule has 0 aliphatic rings. The lowest BCUT2D eigenvalue weighted by molar-refractivity contribution is 0.103. The summed E-state index contributed by atoms with van der Waals surface area (Å²) in [6, 6.07) is 14.3. The molecule has 4 heteroatoms. The van der Waals surface area contributed by atoms with E-state index in [0.717, 1.165) is 0 Å². The van der Waals surface area contributed by atoms with Gasteiger partial charge < -0.3 is 4.90 Å². The van der Waals surface area contributed by atoms with Gasteiger partial charge in [-0.25, -0.2) is 4.99 Å². The van der Waals surface area contributed by atoms with Gasteiger partial charge in [0.15, 0.2) is 5.78 Å². The molecular weight excluding hydrogens is 272 g/mol. The minimum Gasteiger partial charge on any atom is -0.369 e. The number of nitrogens with zero attached hydrogens (tertiary/aromatic N) is 2. The fraction of sp³-hybridized carbons (Fsp3) is 0.125. The summed E-state index contributed by atoms with van der Waals surface area (Å²) in [6.45, 7) is 0. The Morgan fingerprint density at radius 3 is 2.45 bits per heavy atom. The van der Waals surface area contributed by atoms with Crippen LogP contribution in [0.4, 0.5) is 5.69 Å². The number of aliphatic imine (C=N–C) groups is 1. The van der Waals surface area contributed by atoms with E-state index in [-0.39, 0.29) is 5.78 Å². The fourth-order valence-electron chi connectivity index (χ4n) is 1.75. The molecule has 0 N–H and O–H groups in total. The molecule has 2 rings (SSSR count). The summed E-state index contributed by atoms with van der Waals surface area (Å²) in [7, 11) is 3.72. The van der Waals surface area contributed by atoms with Gasteiger partial charge in [0.05, 0.1) is 17.0 Å². The summed E-state index contributed by atoms with van der Waals surface area (Å²) in [6.07, 6.45) is 1.63. The highest BCUT2D eigenvalue weighted by molar-refractivity contribution is 6.34. The summed E-state index contributed by atoms with van der Waals surface area (Å²) < 4.78 is 0. The molecule has 0 amide bonds. The normalized spacial score (nSPS) is 10.8.